The minimum Gasteiger partial charge on any atom is -0.494 e. The van der Waals surface area contributed by atoms with Gasteiger partial charge in [-0.25, -0.2) is 4.98 Å². The molecule has 0 radical (unpaired) electrons. The van der Waals surface area contributed by atoms with Gasteiger partial charge in [-0.2, -0.15) is 0 Å². The van der Waals surface area contributed by atoms with Crippen molar-refractivity contribution < 1.29 is 13.9 Å². The van der Waals surface area contributed by atoms with Crippen molar-refractivity contribution in [3.05, 3.63) is 77.9 Å². The average Bonchev–Trinajstić information content (AvgIpc) is 3.18. The summed E-state index contributed by atoms with van der Waals surface area (Å²) in [5.41, 5.74) is 4.95. The third-order valence-corrected chi connectivity index (χ3v) is 4.66. The molecular formula is C24H22N2O3. The van der Waals surface area contributed by atoms with E-state index in [0.29, 0.717) is 29.5 Å². The molecule has 5 nitrogen and oxygen atoms in total. The molecule has 4 aromatic rings. The van der Waals surface area contributed by atoms with Crippen molar-refractivity contribution >= 4 is 22.7 Å². The molecule has 0 spiro atoms. The molecule has 3 aromatic carbocycles. The van der Waals surface area contributed by atoms with E-state index in [0.717, 1.165) is 23.1 Å². The average molecular weight is 386 g/mol. The summed E-state index contributed by atoms with van der Waals surface area (Å²) in [5, 5.41) is 2.90. The van der Waals surface area contributed by atoms with Gasteiger partial charge < -0.3 is 14.5 Å². The number of nitrogens with one attached hydrogen (secondary N) is 1. The highest BCUT2D eigenvalue weighted by Crippen LogP contribution is 2.26. The van der Waals surface area contributed by atoms with Crippen LogP contribution in [0.1, 0.15) is 29.8 Å². The predicted molar refractivity (Wildman–Crippen MR) is 114 cm³/mol. The number of oxazole rings is 1. The fourth-order valence-electron chi connectivity index (χ4n) is 3.11. The van der Waals surface area contributed by atoms with Gasteiger partial charge in [0, 0.05) is 16.8 Å². The Bertz CT molecular complexity index is 1150. The maximum Gasteiger partial charge on any atom is 0.255 e. The second-order valence-corrected chi connectivity index (χ2v) is 6.67. The van der Waals surface area contributed by atoms with Crippen LogP contribution in [0, 0.1) is 0 Å². The molecule has 0 saturated carbocycles. The molecule has 146 valence electrons. The van der Waals surface area contributed by atoms with Gasteiger partial charge in [-0.1, -0.05) is 19.1 Å². The van der Waals surface area contributed by atoms with E-state index in [2.05, 4.69) is 23.3 Å². The summed E-state index contributed by atoms with van der Waals surface area (Å²) < 4.78 is 11.3. The molecule has 0 aliphatic rings. The maximum absolute atomic E-state index is 12.5. The standard InChI is InChI=1S/C24H22N2O3/c1-3-16-8-13-22-21(14-16)26-24(29-22)17-9-11-19(12-10-17)25-23(27)18-6-5-7-20(15-18)28-4-2/h5-15H,3-4H2,1-2H3,(H,25,27). The minimum atomic E-state index is -0.187. The van der Waals surface area contributed by atoms with Crippen LogP contribution in [0.3, 0.4) is 0 Å². The topological polar surface area (TPSA) is 64.4 Å². The summed E-state index contributed by atoms with van der Waals surface area (Å²) in [5.74, 6) is 1.06. The maximum atomic E-state index is 12.5. The van der Waals surface area contributed by atoms with Crippen molar-refractivity contribution in [2.24, 2.45) is 0 Å². The molecule has 0 aliphatic heterocycles. The molecule has 0 bridgehead atoms. The van der Waals surface area contributed by atoms with Crippen LogP contribution in [0.2, 0.25) is 0 Å². The highest BCUT2D eigenvalue weighted by molar-refractivity contribution is 6.04. The zero-order chi connectivity index (χ0) is 20.2. The highest BCUT2D eigenvalue weighted by Gasteiger charge is 2.10. The summed E-state index contributed by atoms with van der Waals surface area (Å²) in [4.78, 5) is 17.1. The van der Waals surface area contributed by atoms with Crippen LogP contribution in [0.25, 0.3) is 22.6 Å². The third-order valence-electron chi connectivity index (χ3n) is 4.66. The Morgan fingerprint density at radius 1 is 1.03 bits per heavy atom. The number of hydrogen-bond donors (Lipinski definition) is 1. The van der Waals surface area contributed by atoms with Gasteiger partial charge in [0.2, 0.25) is 5.89 Å². The second kappa shape index (κ2) is 8.19. The Kier molecular flexibility index (Phi) is 5.29. The number of hydrogen-bond acceptors (Lipinski definition) is 4. The van der Waals surface area contributed by atoms with Crippen LogP contribution >= 0.6 is 0 Å². The van der Waals surface area contributed by atoms with Crippen LogP contribution < -0.4 is 10.1 Å². The Labute approximate surface area is 169 Å². The molecule has 1 N–H and O–H groups in total. The zero-order valence-electron chi connectivity index (χ0n) is 16.4. The lowest BCUT2D eigenvalue weighted by molar-refractivity contribution is 0.102. The molecule has 1 amide bonds. The first-order valence-electron chi connectivity index (χ1n) is 9.70. The molecule has 0 unspecified atom stereocenters. The van der Waals surface area contributed by atoms with E-state index in [1.807, 2.05) is 49.4 Å². The van der Waals surface area contributed by atoms with Crippen molar-refractivity contribution in [1.29, 1.82) is 0 Å². The first kappa shape index (κ1) is 18.7. The Morgan fingerprint density at radius 3 is 2.62 bits per heavy atom. The zero-order valence-corrected chi connectivity index (χ0v) is 16.4. The smallest absolute Gasteiger partial charge is 0.255 e. The van der Waals surface area contributed by atoms with Crippen LogP contribution in [0.4, 0.5) is 5.69 Å². The van der Waals surface area contributed by atoms with Gasteiger partial charge in [0.15, 0.2) is 5.58 Å². The number of carbonyl (C=O) groups excluding carboxylic acids is 1. The highest BCUT2D eigenvalue weighted by atomic mass is 16.5. The van der Waals surface area contributed by atoms with Crippen LogP contribution in [-0.4, -0.2) is 17.5 Å². The summed E-state index contributed by atoms with van der Waals surface area (Å²) in [7, 11) is 0. The molecule has 0 aliphatic carbocycles. The van der Waals surface area contributed by atoms with Crippen LogP contribution in [-0.2, 0) is 6.42 Å². The van der Waals surface area contributed by atoms with Crippen LogP contribution in [0.5, 0.6) is 5.75 Å². The monoisotopic (exact) mass is 386 g/mol. The number of fused-ring (bicyclic) bond motifs is 1. The van der Waals surface area contributed by atoms with E-state index in [1.165, 1.54) is 5.56 Å². The van der Waals surface area contributed by atoms with Crippen molar-refractivity contribution in [3.8, 4) is 17.2 Å². The van der Waals surface area contributed by atoms with Gasteiger partial charge in [0.05, 0.1) is 6.61 Å². The summed E-state index contributed by atoms with van der Waals surface area (Å²) in [6.45, 7) is 4.58. The molecule has 0 fully saturated rings. The third kappa shape index (κ3) is 4.14. The van der Waals surface area contributed by atoms with E-state index in [1.54, 1.807) is 18.2 Å². The molecule has 1 heterocycles. The van der Waals surface area contributed by atoms with E-state index < -0.39 is 0 Å². The Hall–Kier alpha value is -3.60. The van der Waals surface area contributed by atoms with Crippen molar-refractivity contribution in [3.63, 3.8) is 0 Å². The first-order chi connectivity index (χ1) is 14.2. The Morgan fingerprint density at radius 2 is 1.86 bits per heavy atom. The van der Waals surface area contributed by atoms with E-state index >= 15 is 0 Å². The predicted octanol–water partition coefficient (Wildman–Crippen LogP) is 5.71. The van der Waals surface area contributed by atoms with Gasteiger partial charge in [-0.15, -0.1) is 0 Å². The lowest BCUT2D eigenvalue weighted by Gasteiger charge is -2.08. The fourth-order valence-corrected chi connectivity index (χ4v) is 3.11. The van der Waals surface area contributed by atoms with Crippen LogP contribution in [0.15, 0.2) is 71.1 Å². The molecule has 0 saturated heterocycles. The van der Waals surface area contributed by atoms with E-state index in [-0.39, 0.29) is 5.91 Å². The lowest BCUT2D eigenvalue weighted by Crippen LogP contribution is -2.11. The molecule has 29 heavy (non-hydrogen) atoms. The number of anilines is 1. The lowest BCUT2D eigenvalue weighted by atomic mass is 10.1. The number of nitrogens with zero attached hydrogens (tertiary/aromatic N) is 1. The number of ether oxygens (including phenoxy) is 1. The number of carbonyl (C=O) groups is 1. The van der Waals surface area contributed by atoms with E-state index in [4.69, 9.17) is 9.15 Å². The quantitative estimate of drug-likeness (QED) is 0.461. The number of benzene rings is 3. The molecule has 1 aromatic heterocycles. The van der Waals surface area contributed by atoms with Gasteiger partial charge in [-0.05, 0) is 73.5 Å². The largest absolute Gasteiger partial charge is 0.494 e. The molecular weight excluding hydrogens is 364 g/mol. The fraction of sp³-hybridized carbons (Fsp3) is 0.167. The SMILES string of the molecule is CCOc1cccc(C(=O)Nc2ccc(-c3nc4cc(CC)ccc4o3)cc2)c1. The first-order valence-corrected chi connectivity index (χ1v) is 9.70. The van der Waals surface area contributed by atoms with Crippen molar-refractivity contribution in [2.45, 2.75) is 20.3 Å². The number of aryl methyl sites for hydroxylation is 1. The summed E-state index contributed by atoms with van der Waals surface area (Å²) in [6.07, 6.45) is 0.958. The second-order valence-electron chi connectivity index (χ2n) is 6.67. The molecule has 4 rings (SSSR count). The normalized spacial score (nSPS) is 10.8. The minimum absolute atomic E-state index is 0.187. The number of aromatic nitrogens is 1. The van der Waals surface area contributed by atoms with Crippen molar-refractivity contribution in [1.82, 2.24) is 4.98 Å². The van der Waals surface area contributed by atoms with Gasteiger partial charge in [0.1, 0.15) is 11.3 Å². The summed E-state index contributed by atoms with van der Waals surface area (Å²) >= 11 is 0. The van der Waals surface area contributed by atoms with Gasteiger partial charge >= 0.3 is 0 Å². The van der Waals surface area contributed by atoms with Gasteiger partial charge in [-0.3, -0.25) is 4.79 Å². The van der Waals surface area contributed by atoms with E-state index in [9.17, 15) is 4.79 Å². The molecule has 0 atom stereocenters. The number of rotatable bonds is 6. The van der Waals surface area contributed by atoms with Gasteiger partial charge in [0.25, 0.3) is 5.91 Å². The Balaban J connectivity index is 1.50. The summed E-state index contributed by atoms with van der Waals surface area (Å²) in [6, 6.07) is 20.6. The van der Waals surface area contributed by atoms with Crippen molar-refractivity contribution in [2.75, 3.05) is 11.9 Å². The number of amides is 1. The molecule has 5 heteroatoms.